The van der Waals surface area contributed by atoms with Crippen molar-refractivity contribution in [2.75, 3.05) is 26.7 Å². The second kappa shape index (κ2) is 26.0. The van der Waals surface area contributed by atoms with Gasteiger partial charge in [-0.1, -0.05) is 149 Å². The first-order valence-electron chi connectivity index (χ1n) is 25.3. The van der Waals surface area contributed by atoms with Gasteiger partial charge in [-0.2, -0.15) is 0 Å². The van der Waals surface area contributed by atoms with Gasteiger partial charge in [0.05, 0.1) is 35.2 Å². The molecule has 0 saturated carbocycles. The van der Waals surface area contributed by atoms with Crippen LogP contribution in [0.5, 0.6) is 5.75 Å². The molecule has 72 heavy (non-hydrogen) atoms. The number of hydrogen-bond acceptors (Lipinski definition) is 8. The highest BCUT2D eigenvalue weighted by molar-refractivity contribution is 7.13. The number of carbonyl (C=O) groups is 4. The van der Waals surface area contributed by atoms with Gasteiger partial charge in [0.25, 0.3) is 0 Å². The smallest absolute Gasteiger partial charge is 0.246 e. The third-order valence-electron chi connectivity index (χ3n) is 13.4. The monoisotopic (exact) mass is 987 g/mol. The highest BCUT2D eigenvalue weighted by atomic mass is 32.1. The Kier molecular flexibility index (Phi) is 19.1. The van der Waals surface area contributed by atoms with Crippen LogP contribution in [0, 0.1) is 12.8 Å². The molecule has 7 rings (SSSR count). The summed E-state index contributed by atoms with van der Waals surface area (Å²) in [5.74, 6) is -0.354. The van der Waals surface area contributed by atoms with E-state index in [0.29, 0.717) is 26.0 Å². The number of aromatic nitrogens is 1. The van der Waals surface area contributed by atoms with Gasteiger partial charge in [-0.25, -0.2) is 4.98 Å². The van der Waals surface area contributed by atoms with Crippen LogP contribution in [-0.4, -0.2) is 88.5 Å². The Hall–Kier alpha value is -6.89. The number of nitrogens with zero attached hydrogens (tertiary/aromatic N) is 3. The molecule has 11 nitrogen and oxygen atoms in total. The summed E-state index contributed by atoms with van der Waals surface area (Å²) in [4.78, 5) is 62.2. The van der Waals surface area contributed by atoms with E-state index in [1.807, 2.05) is 86.9 Å². The highest BCUT2D eigenvalue weighted by Gasteiger charge is 2.42. The molecule has 0 bridgehead atoms. The number of aliphatic hydroxyl groups excluding tert-OH is 1. The largest absolute Gasteiger partial charge is 0.492 e. The summed E-state index contributed by atoms with van der Waals surface area (Å²) in [6, 6.07) is 43.7. The second-order valence-corrected chi connectivity index (χ2v) is 19.9. The zero-order valence-corrected chi connectivity index (χ0v) is 43.1. The number of benzene rings is 5. The number of amides is 4. The number of hydrogen-bond donors (Lipinski definition) is 3. The van der Waals surface area contributed by atoms with Crippen molar-refractivity contribution in [3.05, 3.63) is 178 Å². The van der Waals surface area contributed by atoms with Gasteiger partial charge in [-0.05, 0) is 101 Å². The maximum atomic E-state index is 13.9. The molecule has 1 fully saturated rings. The quantitative estimate of drug-likeness (QED) is 0.0429. The molecule has 2 heterocycles. The Morgan fingerprint density at radius 3 is 2.08 bits per heavy atom. The Labute approximate surface area is 429 Å². The molecule has 3 N–H and O–H groups in total. The van der Waals surface area contributed by atoms with Crippen molar-refractivity contribution in [2.24, 2.45) is 5.92 Å². The number of rotatable bonds is 23. The number of likely N-dealkylation sites (tertiary alicyclic amines) is 1. The minimum Gasteiger partial charge on any atom is -0.492 e. The number of unbranched alkanes of at least 4 members (excludes halogenated alkanes) is 2. The first kappa shape index (κ1) is 52.9. The Bertz CT molecular complexity index is 2740. The number of allylic oxidation sites excluding steroid dienone is 1. The lowest BCUT2D eigenvalue weighted by Crippen LogP contribution is -2.55. The Morgan fingerprint density at radius 2 is 1.44 bits per heavy atom. The fourth-order valence-corrected chi connectivity index (χ4v) is 10.1. The number of β-amino-alcohol motifs (C(OH)–C–C–N with tert-alkyl or cyclic N) is 1. The summed E-state index contributed by atoms with van der Waals surface area (Å²) in [5.41, 5.74) is 12.9. The third-order valence-corrected chi connectivity index (χ3v) is 14.4. The van der Waals surface area contributed by atoms with Crippen molar-refractivity contribution in [3.63, 3.8) is 0 Å². The van der Waals surface area contributed by atoms with Gasteiger partial charge in [0.15, 0.2) is 0 Å². The Balaban J connectivity index is 0.800. The molecule has 5 aromatic carbocycles. The summed E-state index contributed by atoms with van der Waals surface area (Å²) < 4.78 is 6.10. The molecule has 4 amide bonds. The first-order valence-corrected chi connectivity index (χ1v) is 26.2. The van der Waals surface area contributed by atoms with E-state index < -0.39 is 18.2 Å². The zero-order valence-electron chi connectivity index (χ0n) is 42.3. The molecule has 1 saturated heterocycles. The fourth-order valence-electron chi connectivity index (χ4n) is 9.26. The van der Waals surface area contributed by atoms with Crippen molar-refractivity contribution in [3.8, 4) is 16.2 Å². The first-order chi connectivity index (χ1) is 34.9. The molecule has 3 atom stereocenters. The number of aryl methyl sites for hydroxylation is 2. The van der Waals surface area contributed by atoms with Crippen LogP contribution in [0.15, 0.2) is 139 Å². The summed E-state index contributed by atoms with van der Waals surface area (Å²) in [5, 5.41) is 16.4. The number of ether oxygens (including phenoxy) is 1. The van der Waals surface area contributed by atoms with Gasteiger partial charge in [-0.3, -0.25) is 19.2 Å². The molecule has 0 aliphatic carbocycles. The molecule has 1 aliphatic heterocycles. The van der Waals surface area contributed by atoms with Gasteiger partial charge in [0.1, 0.15) is 24.4 Å². The van der Waals surface area contributed by atoms with Crippen molar-refractivity contribution in [1.29, 1.82) is 0 Å². The summed E-state index contributed by atoms with van der Waals surface area (Å²) in [7, 11) is 1.81. The van der Waals surface area contributed by atoms with E-state index in [0.717, 1.165) is 69.8 Å². The number of aliphatic hydroxyl groups is 1. The minimum absolute atomic E-state index is 0.0200. The maximum Gasteiger partial charge on any atom is 0.246 e. The van der Waals surface area contributed by atoms with Gasteiger partial charge in [0, 0.05) is 33.0 Å². The van der Waals surface area contributed by atoms with E-state index in [9.17, 15) is 24.3 Å². The van der Waals surface area contributed by atoms with Crippen molar-refractivity contribution in [1.82, 2.24) is 25.4 Å². The van der Waals surface area contributed by atoms with Crippen LogP contribution >= 0.6 is 11.3 Å². The molecule has 12 heteroatoms. The normalized spacial score (nSPS) is 15.2. The standard InChI is InChI=1S/C60H69N5O6S/c1-6-52(46-17-11-8-12-18-46)56(47-19-13-9-14-20-47)48-30-32-51(33-31-48)71-35-34-64(5)55(68)36-44-24-22-43(23-25-44)16-10-7-15-21-54(67)63-57(41(2)3)60(70)65-39-50(66)37-53(65)59(69)61-38-45-26-28-49(29-27-45)58-42(4)62-40-72-58/h8-9,11-14,17-20,22-33,40-41,50,53,57,66H,6-7,10,15-16,21,34-39H2,1-5H3,(H,61,69)(H,63,67)/b56-52-/t50-,53+,57+/m1/s1. The summed E-state index contributed by atoms with van der Waals surface area (Å²) >= 11 is 1.58. The molecule has 0 spiro atoms. The fraction of sp³-hybridized carbons (Fsp3) is 0.350. The van der Waals surface area contributed by atoms with Crippen LogP contribution in [0.2, 0.25) is 0 Å². The molecular weight excluding hydrogens is 919 g/mol. The van der Waals surface area contributed by atoms with Crippen molar-refractivity contribution >= 4 is 46.1 Å². The summed E-state index contributed by atoms with van der Waals surface area (Å²) in [6.45, 7) is 9.06. The number of thiazole rings is 1. The molecule has 0 unspecified atom stereocenters. The zero-order chi connectivity index (χ0) is 51.0. The van der Waals surface area contributed by atoms with Crippen LogP contribution in [0.3, 0.4) is 0 Å². The highest BCUT2D eigenvalue weighted by Crippen LogP contribution is 2.35. The Morgan fingerprint density at radius 1 is 0.806 bits per heavy atom. The van der Waals surface area contributed by atoms with Gasteiger partial charge in [0.2, 0.25) is 23.6 Å². The van der Waals surface area contributed by atoms with Crippen LogP contribution in [-0.2, 0) is 38.6 Å². The lowest BCUT2D eigenvalue weighted by atomic mass is 9.88. The molecule has 1 aromatic heterocycles. The van der Waals surface area contributed by atoms with E-state index in [2.05, 4.69) is 95.3 Å². The topological polar surface area (TPSA) is 141 Å². The maximum absolute atomic E-state index is 13.9. The molecular formula is C60H69N5O6S. The predicted molar refractivity (Wildman–Crippen MR) is 288 cm³/mol. The average molecular weight is 988 g/mol. The lowest BCUT2D eigenvalue weighted by molar-refractivity contribution is -0.142. The molecule has 6 aromatic rings. The van der Waals surface area contributed by atoms with E-state index in [4.69, 9.17) is 4.74 Å². The van der Waals surface area contributed by atoms with Gasteiger partial charge in [-0.15, -0.1) is 11.3 Å². The molecule has 1 aliphatic rings. The number of carbonyl (C=O) groups excluding carboxylic acids is 4. The van der Waals surface area contributed by atoms with Crippen LogP contribution in [0.1, 0.15) is 98.4 Å². The SMILES string of the molecule is CC/C(=C(\c1ccccc1)c1ccc(OCCN(C)C(=O)Cc2ccc(CCCCCC(=O)N[C@H](C(=O)N3C[C@H](O)C[C@H]3C(=O)NCc3ccc(-c4scnc4C)cc3)C(C)C)cc2)cc1)c1ccccc1. The second-order valence-electron chi connectivity index (χ2n) is 19.0. The van der Waals surface area contributed by atoms with E-state index in [-0.39, 0.29) is 55.5 Å². The van der Waals surface area contributed by atoms with E-state index >= 15 is 0 Å². The van der Waals surface area contributed by atoms with Gasteiger partial charge < -0.3 is 30.3 Å². The van der Waals surface area contributed by atoms with E-state index in [1.54, 1.807) is 23.3 Å². The number of likely N-dealkylation sites (N-methyl/N-ethyl adjacent to an activating group) is 1. The van der Waals surface area contributed by atoms with Crippen LogP contribution in [0.25, 0.3) is 21.6 Å². The lowest BCUT2D eigenvalue weighted by Gasteiger charge is -2.30. The van der Waals surface area contributed by atoms with E-state index in [1.165, 1.54) is 27.2 Å². The summed E-state index contributed by atoms with van der Waals surface area (Å²) in [6.07, 6.45) is 4.00. The third kappa shape index (κ3) is 14.4. The average Bonchev–Trinajstić information content (AvgIpc) is 4.02. The van der Waals surface area contributed by atoms with Crippen molar-refractivity contribution < 1.29 is 29.0 Å². The van der Waals surface area contributed by atoms with Crippen molar-refractivity contribution in [2.45, 2.75) is 104 Å². The van der Waals surface area contributed by atoms with Crippen LogP contribution in [0.4, 0.5) is 0 Å². The predicted octanol–water partition coefficient (Wildman–Crippen LogP) is 10.1. The van der Waals surface area contributed by atoms with Crippen LogP contribution < -0.4 is 15.4 Å². The van der Waals surface area contributed by atoms with Gasteiger partial charge >= 0.3 is 0 Å². The molecule has 0 radical (unpaired) electrons. The minimum atomic E-state index is -0.833. The number of nitrogens with one attached hydrogen (secondary N) is 2. The molecule has 376 valence electrons.